The van der Waals surface area contributed by atoms with E-state index in [9.17, 15) is 45.6 Å². The van der Waals surface area contributed by atoms with Crippen LogP contribution in [0.3, 0.4) is 0 Å². The van der Waals surface area contributed by atoms with Crippen molar-refractivity contribution < 1.29 is 64.6 Å². The second-order valence-electron chi connectivity index (χ2n) is 12.6. The summed E-state index contributed by atoms with van der Waals surface area (Å²) in [5, 5.41) is 85.4. The number of hydrogen-bond acceptors (Lipinski definition) is 13. The number of aliphatic hydroxyl groups is 8. The summed E-state index contributed by atoms with van der Waals surface area (Å²) in [4.78, 5) is 12.7. The van der Waals surface area contributed by atoms with E-state index in [2.05, 4.69) is 36.5 Å². The third kappa shape index (κ3) is 14.8. The van der Waals surface area contributed by atoms with Crippen LogP contribution in [0, 0.1) is 0 Å². The maximum Gasteiger partial charge on any atom is 0.220 e. The van der Waals surface area contributed by atoms with Crippen molar-refractivity contribution in [3.8, 4) is 0 Å². The largest absolute Gasteiger partial charge is 0.394 e. The molecule has 0 aromatic carbocycles. The second-order valence-corrected chi connectivity index (χ2v) is 12.6. The minimum Gasteiger partial charge on any atom is -0.394 e. The lowest BCUT2D eigenvalue weighted by Crippen LogP contribution is -2.65. The van der Waals surface area contributed by atoms with Gasteiger partial charge < -0.3 is 65.1 Å². The van der Waals surface area contributed by atoms with Gasteiger partial charge in [-0.05, 0) is 38.5 Å². The van der Waals surface area contributed by atoms with Crippen LogP contribution in [-0.4, -0.2) is 140 Å². The number of nitrogens with one attached hydrogen (secondary N) is 1. The number of carbonyl (C=O) groups excluding carboxylic acids is 1. The molecule has 14 nitrogen and oxygen atoms in total. The summed E-state index contributed by atoms with van der Waals surface area (Å²) in [6.45, 7) is 2.45. The van der Waals surface area contributed by atoms with Crippen LogP contribution in [0.25, 0.3) is 0 Å². The number of aliphatic hydroxyl groups excluding tert-OH is 8. The Bertz CT molecular complexity index is 977. The summed E-state index contributed by atoms with van der Waals surface area (Å²) in [5.41, 5.74) is 0. The lowest BCUT2D eigenvalue weighted by molar-refractivity contribution is -0.359. The van der Waals surface area contributed by atoms with E-state index in [1.165, 1.54) is 12.8 Å². The zero-order chi connectivity index (χ0) is 36.2. The fourth-order valence-electron chi connectivity index (χ4n) is 5.48. The van der Waals surface area contributed by atoms with Gasteiger partial charge in [-0.1, -0.05) is 76.0 Å². The predicted octanol–water partition coefficient (Wildman–Crippen LogP) is 0.472. The number of ether oxygens (including phenoxy) is 4. The normalized spacial score (nSPS) is 32.3. The van der Waals surface area contributed by atoms with Crippen LogP contribution in [0.1, 0.15) is 84.5 Å². The van der Waals surface area contributed by atoms with Crippen LogP contribution >= 0.6 is 0 Å². The molecule has 0 aromatic heterocycles. The summed E-state index contributed by atoms with van der Waals surface area (Å²) in [5.74, 6) is -0.285. The molecule has 2 heterocycles. The van der Waals surface area contributed by atoms with Gasteiger partial charge in [0.15, 0.2) is 12.6 Å². The van der Waals surface area contributed by atoms with Gasteiger partial charge in [-0.3, -0.25) is 4.79 Å². The van der Waals surface area contributed by atoms with E-state index in [0.717, 1.165) is 38.5 Å². The number of carbonyl (C=O) groups is 1. The summed E-state index contributed by atoms with van der Waals surface area (Å²) < 4.78 is 22.3. The SMILES string of the molecule is CCCC/C=C/CC/C=C/CC/C=C/C(O)C(COC1OC(CO)C(OC2OC(CO)C(O)C(O)C2O)C(O)C1O)NC(=O)CCCCC. The van der Waals surface area contributed by atoms with Crippen molar-refractivity contribution in [2.24, 2.45) is 0 Å². The summed E-state index contributed by atoms with van der Waals surface area (Å²) in [6, 6.07) is -0.927. The highest BCUT2D eigenvalue weighted by Gasteiger charge is 2.50. The molecular formula is C35H61NO13. The van der Waals surface area contributed by atoms with E-state index in [4.69, 9.17) is 18.9 Å². The molecule has 2 aliphatic heterocycles. The monoisotopic (exact) mass is 703 g/mol. The van der Waals surface area contributed by atoms with Gasteiger partial charge in [0, 0.05) is 6.42 Å². The van der Waals surface area contributed by atoms with Gasteiger partial charge in [0.25, 0.3) is 0 Å². The molecule has 9 N–H and O–H groups in total. The highest BCUT2D eigenvalue weighted by molar-refractivity contribution is 5.76. The fraction of sp³-hybridized carbons (Fsp3) is 0.800. The van der Waals surface area contributed by atoms with Crippen LogP contribution < -0.4 is 5.32 Å². The molecule has 0 bridgehead atoms. The Kier molecular flexibility index (Phi) is 21.6. The Hall–Kier alpha value is -1.79. The van der Waals surface area contributed by atoms with E-state index in [-0.39, 0.29) is 18.9 Å². The highest BCUT2D eigenvalue weighted by Crippen LogP contribution is 2.29. The summed E-state index contributed by atoms with van der Waals surface area (Å²) >= 11 is 0. The predicted molar refractivity (Wildman–Crippen MR) is 180 cm³/mol. The molecule has 14 heteroatoms. The van der Waals surface area contributed by atoms with E-state index >= 15 is 0 Å². The number of amides is 1. The first-order valence-corrected chi connectivity index (χ1v) is 17.7. The molecular weight excluding hydrogens is 642 g/mol. The summed E-state index contributed by atoms with van der Waals surface area (Å²) in [6.07, 6.45) is 4.61. The Labute approximate surface area is 290 Å². The molecule has 0 spiro atoms. The van der Waals surface area contributed by atoms with E-state index in [1.54, 1.807) is 6.08 Å². The first kappa shape index (κ1) is 43.4. The van der Waals surface area contributed by atoms with Gasteiger partial charge >= 0.3 is 0 Å². The van der Waals surface area contributed by atoms with E-state index in [0.29, 0.717) is 12.8 Å². The minimum absolute atomic E-state index is 0.254. The van der Waals surface area contributed by atoms with Crippen LogP contribution in [0.15, 0.2) is 36.5 Å². The Morgan fingerprint density at radius 1 is 0.714 bits per heavy atom. The van der Waals surface area contributed by atoms with E-state index < -0.39 is 86.8 Å². The van der Waals surface area contributed by atoms with Gasteiger partial charge in [0.05, 0.1) is 32.0 Å². The molecule has 0 aliphatic carbocycles. The number of rotatable bonds is 23. The molecule has 0 saturated carbocycles. The third-order valence-corrected chi connectivity index (χ3v) is 8.56. The van der Waals surface area contributed by atoms with Gasteiger partial charge in [0.2, 0.25) is 5.91 Å². The van der Waals surface area contributed by atoms with Gasteiger partial charge in [-0.15, -0.1) is 0 Å². The Morgan fingerprint density at radius 2 is 1.29 bits per heavy atom. The smallest absolute Gasteiger partial charge is 0.220 e. The molecule has 12 atom stereocenters. The molecule has 0 radical (unpaired) electrons. The van der Waals surface area contributed by atoms with Crippen molar-refractivity contribution in [1.82, 2.24) is 5.32 Å². The lowest BCUT2D eigenvalue weighted by Gasteiger charge is -2.46. The molecule has 2 aliphatic rings. The van der Waals surface area contributed by atoms with E-state index in [1.807, 2.05) is 13.0 Å². The minimum atomic E-state index is -1.79. The van der Waals surface area contributed by atoms with Gasteiger partial charge in [-0.25, -0.2) is 0 Å². The molecule has 1 amide bonds. The molecule has 0 aromatic rings. The third-order valence-electron chi connectivity index (χ3n) is 8.56. The maximum absolute atomic E-state index is 12.7. The van der Waals surface area contributed by atoms with Crippen LogP contribution in [0.2, 0.25) is 0 Å². The Morgan fingerprint density at radius 3 is 1.90 bits per heavy atom. The quantitative estimate of drug-likeness (QED) is 0.0522. The zero-order valence-electron chi connectivity index (χ0n) is 28.9. The molecule has 2 rings (SSSR count). The summed E-state index contributed by atoms with van der Waals surface area (Å²) in [7, 11) is 0. The van der Waals surface area contributed by atoms with Gasteiger partial charge in [-0.2, -0.15) is 0 Å². The molecule has 2 saturated heterocycles. The number of allylic oxidation sites excluding steroid dienone is 5. The Balaban J connectivity index is 1.98. The molecule has 49 heavy (non-hydrogen) atoms. The van der Waals surface area contributed by atoms with Crippen LogP contribution in [0.4, 0.5) is 0 Å². The molecule has 284 valence electrons. The second kappa shape index (κ2) is 24.4. The standard InChI is InChI=1S/C35H61NO13/c1-3-5-7-8-9-10-11-12-13-14-15-17-18-24(39)23(36-27(40)19-16-6-4-2)22-46-34-32(45)30(43)33(26(21-38)48-34)49-35-31(44)29(42)28(41)25(20-37)47-35/h8-9,12-13,17-18,23-26,28-35,37-39,41-45H,3-7,10-11,14-16,19-22H2,1-2H3,(H,36,40)/b9-8+,13-12+,18-17+. The zero-order valence-corrected chi connectivity index (χ0v) is 28.9. The van der Waals surface area contributed by atoms with Crippen molar-refractivity contribution in [3.05, 3.63) is 36.5 Å². The van der Waals surface area contributed by atoms with Crippen molar-refractivity contribution in [2.75, 3.05) is 19.8 Å². The van der Waals surface area contributed by atoms with Crippen LogP contribution in [0.5, 0.6) is 0 Å². The van der Waals surface area contributed by atoms with Crippen molar-refractivity contribution in [1.29, 1.82) is 0 Å². The first-order chi connectivity index (χ1) is 23.6. The van der Waals surface area contributed by atoms with Gasteiger partial charge in [0.1, 0.15) is 48.8 Å². The van der Waals surface area contributed by atoms with Crippen molar-refractivity contribution in [3.63, 3.8) is 0 Å². The first-order valence-electron chi connectivity index (χ1n) is 17.7. The van der Waals surface area contributed by atoms with Crippen molar-refractivity contribution in [2.45, 2.75) is 158 Å². The van der Waals surface area contributed by atoms with Crippen LogP contribution in [-0.2, 0) is 23.7 Å². The lowest BCUT2D eigenvalue weighted by atomic mass is 9.97. The topological polar surface area (TPSA) is 228 Å². The highest BCUT2D eigenvalue weighted by atomic mass is 16.7. The van der Waals surface area contributed by atoms with Crippen molar-refractivity contribution >= 4 is 5.91 Å². The number of unbranched alkanes of at least 4 members (excludes halogenated alkanes) is 6. The average Bonchev–Trinajstić information content (AvgIpc) is 3.09. The number of hydrogen-bond donors (Lipinski definition) is 9. The molecule has 12 unspecified atom stereocenters. The average molecular weight is 704 g/mol. The molecule has 2 fully saturated rings. The fourth-order valence-corrected chi connectivity index (χ4v) is 5.48. The maximum atomic E-state index is 12.7.